The largest absolute Gasteiger partial charge is 0.452 e. The summed E-state index contributed by atoms with van der Waals surface area (Å²) < 4.78 is 33.9. The number of carbonyl (C=O) groups is 2. The minimum absolute atomic E-state index is 0.175. The summed E-state index contributed by atoms with van der Waals surface area (Å²) in [6.45, 7) is 7.00. The smallest absolute Gasteiger partial charge is 0.340 e. The summed E-state index contributed by atoms with van der Waals surface area (Å²) in [5, 5.41) is 2.06. The predicted molar refractivity (Wildman–Crippen MR) is 89.6 cm³/mol. The van der Waals surface area contributed by atoms with E-state index in [9.17, 15) is 18.4 Å². The molecule has 134 valence electrons. The summed E-state index contributed by atoms with van der Waals surface area (Å²) in [6.07, 6.45) is 0. The second kappa shape index (κ2) is 7.46. The molecule has 0 radical (unpaired) electrons. The summed E-state index contributed by atoms with van der Waals surface area (Å²) in [7, 11) is 0. The fourth-order valence-corrected chi connectivity index (χ4v) is 2.78. The van der Waals surface area contributed by atoms with Crippen molar-refractivity contribution in [3.63, 3.8) is 0 Å². The monoisotopic (exact) mass is 350 g/mol. The molecule has 1 heterocycles. The highest BCUT2D eigenvalue weighted by molar-refractivity contribution is 5.96. The maximum Gasteiger partial charge on any atom is 0.340 e. The van der Waals surface area contributed by atoms with Gasteiger partial charge < -0.3 is 14.6 Å². The van der Waals surface area contributed by atoms with Crippen LogP contribution in [0.2, 0.25) is 0 Å². The first-order valence-corrected chi connectivity index (χ1v) is 7.81. The number of aryl methyl sites for hydroxylation is 1. The number of nitrogens with zero attached hydrogens (tertiary/aromatic N) is 1. The lowest BCUT2D eigenvalue weighted by Crippen LogP contribution is -2.22. The minimum Gasteiger partial charge on any atom is -0.452 e. The molecule has 5 nitrogen and oxygen atoms in total. The summed E-state index contributed by atoms with van der Waals surface area (Å²) in [4.78, 5) is 24.0. The maximum absolute atomic E-state index is 13.5. The SMILES string of the molecule is Cc1cc(C(=O)OCC(=O)Nc2c(F)cccc2F)c(C)n1C(C)C. The molecule has 1 aromatic carbocycles. The molecule has 1 amide bonds. The van der Waals surface area contributed by atoms with Gasteiger partial charge in [-0.3, -0.25) is 4.79 Å². The van der Waals surface area contributed by atoms with Gasteiger partial charge in [0.15, 0.2) is 6.61 Å². The van der Waals surface area contributed by atoms with Gasteiger partial charge in [-0.2, -0.15) is 0 Å². The zero-order chi connectivity index (χ0) is 18.7. The molecule has 1 aromatic heterocycles. The van der Waals surface area contributed by atoms with Gasteiger partial charge in [0, 0.05) is 17.4 Å². The van der Waals surface area contributed by atoms with E-state index in [4.69, 9.17) is 4.74 Å². The molecule has 0 aliphatic carbocycles. The first kappa shape index (κ1) is 18.6. The normalized spacial score (nSPS) is 10.8. The summed E-state index contributed by atoms with van der Waals surface area (Å²) >= 11 is 0. The van der Waals surface area contributed by atoms with Crippen molar-refractivity contribution in [1.82, 2.24) is 4.57 Å². The highest BCUT2D eigenvalue weighted by Gasteiger charge is 2.20. The van der Waals surface area contributed by atoms with E-state index in [1.807, 2.05) is 25.3 Å². The Bertz CT molecular complexity index is 793. The molecule has 0 spiro atoms. The van der Waals surface area contributed by atoms with Crippen molar-refractivity contribution in [3.05, 3.63) is 52.9 Å². The lowest BCUT2D eigenvalue weighted by molar-refractivity contribution is -0.119. The van der Waals surface area contributed by atoms with Crippen LogP contribution in [0.25, 0.3) is 0 Å². The van der Waals surface area contributed by atoms with Crippen LogP contribution in [-0.4, -0.2) is 23.1 Å². The molecule has 0 saturated carbocycles. The number of esters is 1. The molecular formula is C18H20F2N2O3. The quantitative estimate of drug-likeness (QED) is 0.835. The second-order valence-corrected chi connectivity index (χ2v) is 5.97. The number of ether oxygens (including phenoxy) is 1. The Morgan fingerprint density at radius 2 is 1.80 bits per heavy atom. The number of hydrogen-bond donors (Lipinski definition) is 1. The molecule has 2 rings (SSSR count). The first-order valence-electron chi connectivity index (χ1n) is 7.81. The van der Waals surface area contributed by atoms with Gasteiger partial charge in [0.25, 0.3) is 5.91 Å². The van der Waals surface area contributed by atoms with Crippen LogP contribution in [0.3, 0.4) is 0 Å². The van der Waals surface area contributed by atoms with Crippen LogP contribution in [0.4, 0.5) is 14.5 Å². The molecule has 0 aliphatic heterocycles. The molecule has 0 atom stereocenters. The van der Waals surface area contributed by atoms with Gasteiger partial charge >= 0.3 is 5.97 Å². The highest BCUT2D eigenvalue weighted by Crippen LogP contribution is 2.21. The number of halogens is 2. The average Bonchev–Trinajstić information content (AvgIpc) is 2.83. The number of benzene rings is 1. The van der Waals surface area contributed by atoms with Crippen molar-refractivity contribution >= 4 is 17.6 Å². The van der Waals surface area contributed by atoms with Crippen LogP contribution in [0, 0.1) is 25.5 Å². The Hall–Kier alpha value is -2.70. The van der Waals surface area contributed by atoms with E-state index in [0.717, 1.165) is 23.5 Å². The highest BCUT2D eigenvalue weighted by atomic mass is 19.1. The Morgan fingerprint density at radius 1 is 1.20 bits per heavy atom. The third kappa shape index (κ3) is 4.04. The molecule has 0 saturated heterocycles. The van der Waals surface area contributed by atoms with E-state index < -0.39 is 35.8 Å². The summed E-state index contributed by atoms with van der Waals surface area (Å²) in [5.74, 6) is -3.29. The molecule has 0 bridgehead atoms. The van der Waals surface area contributed by atoms with Gasteiger partial charge in [-0.15, -0.1) is 0 Å². The number of carbonyl (C=O) groups excluding carboxylic acids is 2. The van der Waals surface area contributed by atoms with Gasteiger partial charge in [0.05, 0.1) is 5.56 Å². The molecule has 0 unspecified atom stereocenters. The fourth-order valence-electron chi connectivity index (χ4n) is 2.78. The molecule has 7 heteroatoms. The molecular weight excluding hydrogens is 330 g/mol. The lowest BCUT2D eigenvalue weighted by Gasteiger charge is -2.13. The maximum atomic E-state index is 13.5. The van der Waals surface area contributed by atoms with E-state index >= 15 is 0 Å². The zero-order valence-corrected chi connectivity index (χ0v) is 14.5. The van der Waals surface area contributed by atoms with E-state index in [-0.39, 0.29) is 6.04 Å². The third-order valence-electron chi connectivity index (χ3n) is 3.78. The number of nitrogens with one attached hydrogen (secondary N) is 1. The Balaban J connectivity index is 2.03. The van der Waals surface area contributed by atoms with Crippen molar-refractivity contribution < 1.29 is 23.1 Å². The van der Waals surface area contributed by atoms with Crippen molar-refractivity contribution in [2.75, 3.05) is 11.9 Å². The second-order valence-electron chi connectivity index (χ2n) is 5.97. The fraction of sp³-hybridized carbons (Fsp3) is 0.333. The number of aromatic nitrogens is 1. The zero-order valence-electron chi connectivity index (χ0n) is 14.5. The van der Waals surface area contributed by atoms with E-state index in [1.54, 1.807) is 13.0 Å². The van der Waals surface area contributed by atoms with Crippen molar-refractivity contribution in [3.8, 4) is 0 Å². The van der Waals surface area contributed by atoms with Gasteiger partial charge in [-0.05, 0) is 45.9 Å². The van der Waals surface area contributed by atoms with E-state index in [2.05, 4.69) is 5.32 Å². The van der Waals surface area contributed by atoms with Gasteiger partial charge in [0.1, 0.15) is 17.3 Å². The van der Waals surface area contributed by atoms with Gasteiger partial charge in [-0.25, -0.2) is 13.6 Å². The standard InChI is InChI=1S/C18H20F2N2O3/c1-10(2)22-11(3)8-13(12(22)4)18(24)25-9-16(23)21-17-14(19)6-5-7-15(17)20/h5-8,10H,9H2,1-4H3,(H,21,23). The molecule has 0 fully saturated rings. The Kier molecular flexibility index (Phi) is 5.56. The van der Waals surface area contributed by atoms with E-state index in [1.165, 1.54) is 6.07 Å². The van der Waals surface area contributed by atoms with Crippen LogP contribution in [0.5, 0.6) is 0 Å². The molecule has 1 N–H and O–H groups in total. The van der Waals surface area contributed by atoms with Gasteiger partial charge in [-0.1, -0.05) is 6.07 Å². The lowest BCUT2D eigenvalue weighted by atomic mass is 10.2. The number of hydrogen-bond acceptors (Lipinski definition) is 3. The van der Waals surface area contributed by atoms with Crippen LogP contribution < -0.4 is 5.32 Å². The topological polar surface area (TPSA) is 60.3 Å². The van der Waals surface area contributed by atoms with Crippen LogP contribution in [0.15, 0.2) is 24.3 Å². The van der Waals surface area contributed by atoms with Crippen LogP contribution in [0.1, 0.15) is 41.6 Å². The first-order chi connectivity index (χ1) is 11.7. The summed E-state index contributed by atoms with van der Waals surface area (Å²) in [5.41, 5.74) is 1.42. The van der Waals surface area contributed by atoms with Crippen LogP contribution >= 0.6 is 0 Å². The Labute approximate surface area is 144 Å². The van der Waals surface area contributed by atoms with Gasteiger partial charge in [0.2, 0.25) is 0 Å². The number of para-hydroxylation sites is 1. The molecule has 25 heavy (non-hydrogen) atoms. The number of rotatable bonds is 5. The Morgan fingerprint density at radius 3 is 2.32 bits per heavy atom. The summed E-state index contributed by atoms with van der Waals surface area (Å²) in [6, 6.07) is 5.09. The molecule has 0 aliphatic rings. The van der Waals surface area contributed by atoms with E-state index in [0.29, 0.717) is 5.56 Å². The minimum atomic E-state index is -0.903. The van der Waals surface area contributed by atoms with Crippen molar-refractivity contribution in [1.29, 1.82) is 0 Å². The van der Waals surface area contributed by atoms with Crippen molar-refractivity contribution in [2.24, 2.45) is 0 Å². The van der Waals surface area contributed by atoms with Crippen molar-refractivity contribution in [2.45, 2.75) is 33.7 Å². The predicted octanol–water partition coefficient (Wildman–Crippen LogP) is 3.76. The number of amides is 1. The molecule has 2 aromatic rings. The third-order valence-corrected chi connectivity index (χ3v) is 3.78. The number of anilines is 1. The van der Waals surface area contributed by atoms with Crippen LogP contribution in [-0.2, 0) is 9.53 Å². The average molecular weight is 350 g/mol.